The first-order valence-electron chi connectivity index (χ1n) is 11.8. The Kier molecular flexibility index (Phi) is 8.40. The third-order valence-corrected chi connectivity index (χ3v) is 8.90. The number of benzene rings is 3. The number of carbonyl (C=O) groups excluding carboxylic acids is 3. The van der Waals surface area contributed by atoms with E-state index >= 15 is 0 Å². The Bertz CT molecular complexity index is 1460. The summed E-state index contributed by atoms with van der Waals surface area (Å²) in [5.74, 6) is -1.65. The molecule has 1 unspecified atom stereocenters. The minimum Gasteiger partial charge on any atom is -0.357 e. The molecule has 3 aromatic rings. The first-order valence-corrected chi connectivity index (χ1v) is 14.0. The van der Waals surface area contributed by atoms with Crippen LogP contribution in [0.15, 0.2) is 77.7 Å². The van der Waals surface area contributed by atoms with Crippen LogP contribution < -0.4 is 5.32 Å². The molecular formula is C27H25Cl2N3O5S. The van der Waals surface area contributed by atoms with E-state index in [1.807, 2.05) is 30.3 Å². The molecule has 0 aliphatic carbocycles. The molecule has 0 bridgehead atoms. The number of hydrogen-bond donors (Lipinski definition) is 1. The van der Waals surface area contributed by atoms with Crippen LogP contribution in [0.3, 0.4) is 0 Å². The lowest BCUT2D eigenvalue weighted by Crippen LogP contribution is -2.50. The van der Waals surface area contributed by atoms with Crippen molar-refractivity contribution in [2.75, 3.05) is 13.6 Å². The molecule has 4 rings (SSSR count). The molecule has 3 aromatic carbocycles. The molecule has 1 N–H and O–H groups in total. The summed E-state index contributed by atoms with van der Waals surface area (Å²) in [7, 11) is -2.62. The van der Waals surface area contributed by atoms with Crippen molar-refractivity contribution in [1.29, 1.82) is 0 Å². The molecule has 198 valence electrons. The van der Waals surface area contributed by atoms with Gasteiger partial charge in [-0.1, -0.05) is 71.7 Å². The quantitative estimate of drug-likeness (QED) is 0.418. The third-order valence-electron chi connectivity index (χ3n) is 6.35. The van der Waals surface area contributed by atoms with Crippen LogP contribution in [-0.4, -0.2) is 55.0 Å². The van der Waals surface area contributed by atoms with Gasteiger partial charge in [0.05, 0.1) is 5.56 Å². The number of nitrogens with one attached hydrogen (secondary N) is 1. The van der Waals surface area contributed by atoms with Crippen molar-refractivity contribution in [3.05, 3.63) is 99.5 Å². The number of hydrogen-bond acceptors (Lipinski definition) is 5. The van der Waals surface area contributed by atoms with Gasteiger partial charge in [-0.2, -0.15) is 0 Å². The highest BCUT2D eigenvalue weighted by Gasteiger charge is 2.41. The van der Waals surface area contributed by atoms with E-state index < -0.39 is 33.8 Å². The number of fused-ring (bicyclic) bond motifs is 1. The zero-order valence-electron chi connectivity index (χ0n) is 20.4. The molecule has 11 heteroatoms. The van der Waals surface area contributed by atoms with Crippen LogP contribution in [0.2, 0.25) is 10.0 Å². The molecule has 0 aromatic heterocycles. The van der Waals surface area contributed by atoms with Crippen molar-refractivity contribution in [1.82, 2.24) is 14.5 Å². The van der Waals surface area contributed by atoms with Gasteiger partial charge in [-0.15, -0.1) is 0 Å². The number of nitrogens with zero attached hydrogens (tertiary/aromatic N) is 2. The average molecular weight is 574 g/mol. The minimum absolute atomic E-state index is 0.0620. The first-order chi connectivity index (χ1) is 18.1. The molecule has 1 aliphatic heterocycles. The number of likely N-dealkylation sites (N-methyl/N-ethyl adjacent to an activating group) is 1. The first kappa shape index (κ1) is 27.6. The van der Waals surface area contributed by atoms with Gasteiger partial charge >= 0.3 is 0 Å². The average Bonchev–Trinajstić information content (AvgIpc) is 3.11. The van der Waals surface area contributed by atoms with Crippen LogP contribution in [0.25, 0.3) is 0 Å². The Labute approximate surface area is 231 Å². The molecular weight excluding hydrogens is 549 g/mol. The Morgan fingerprint density at radius 2 is 1.58 bits per heavy atom. The van der Waals surface area contributed by atoms with Crippen molar-refractivity contribution in [3.63, 3.8) is 0 Å². The van der Waals surface area contributed by atoms with Gasteiger partial charge in [0.1, 0.15) is 10.9 Å². The van der Waals surface area contributed by atoms with Crippen molar-refractivity contribution in [3.8, 4) is 0 Å². The number of carbonyl (C=O) groups is 3. The summed E-state index contributed by atoms with van der Waals surface area (Å²) in [6.45, 7) is -0.476. The van der Waals surface area contributed by atoms with E-state index in [1.54, 1.807) is 24.3 Å². The molecule has 0 fully saturated rings. The van der Waals surface area contributed by atoms with E-state index in [0.717, 1.165) is 5.56 Å². The molecule has 1 heterocycles. The van der Waals surface area contributed by atoms with Crippen LogP contribution in [0.5, 0.6) is 0 Å². The Balaban J connectivity index is 1.65. The number of halogens is 2. The highest BCUT2D eigenvalue weighted by molar-refractivity contribution is 7.90. The molecule has 1 atom stereocenters. The molecule has 0 saturated carbocycles. The zero-order chi connectivity index (χ0) is 27.4. The van der Waals surface area contributed by atoms with Gasteiger partial charge in [-0.3, -0.25) is 14.4 Å². The third kappa shape index (κ3) is 5.55. The largest absolute Gasteiger partial charge is 0.357 e. The van der Waals surface area contributed by atoms with Crippen molar-refractivity contribution in [2.24, 2.45) is 0 Å². The van der Waals surface area contributed by atoms with E-state index in [-0.39, 0.29) is 36.4 Å². The lowest BCUT2D eigenvalue weighted by molar-refractivity contribution is -0.141. The SMILES string of the molecule is CNC(=O)C(Cc1ccccc1)N(Cc1c(Cl)cccc1Cl)C(=O)CCN1C(=O)c2ccccc2S1(=O)=O. The molecule has 0 saturated heterocycles. The van der Waals surface area contributed by atoms with E-state index in [9.17, 15) is 22.8 Å². The molecule has 1 aliphatic rings. The summed E-state index contributed by atoms with van der Waals surface area (Å²) >= 11 is 12.8. The standard InChI is InChI=1S/C27H25Cl2N3O5S/c1-30-26(34)23(16-18-8-3-2-4-9-18)31(17-20-21(28)11-7-12-22(20)29)25(33)14-15-32-27(35)19-10-5-6-13-24(19)38(32,36)37/h2-13,23H,14-17H2,1H3,(H,30,34). The van der Waals surface area contributed by atoms with Crippen molar-refractivity contribution >= 4 is 50.9 Å². The van der Waals surface area contributed by atoms with E-state index in [0.29, 0.717) is 19.9 Å². The topological polar surface area (TPSA) is 104 Å². The lowest BCUT2D eigenvalue weighted by atomic mass is 10.0. The summed E-state index contributed by atoms with van der Waals surface area (Å²) in [6.07, 6.45) is -0.149. The van der Waals surface area contributed by atoms with E-state index in [1.165, 1.54) is 30.1 Å². The van der Waals surface area contributed by atoms with Crippen LogP contribution in [0.1, 0.15) is 27.9 Å². The fraction of sp³-hybridized carbons (Fsp3) is 0.222. The second-order valence-electron chi connectivity index (χ2n) is 8.67. The van der Waals surface area contributed by atoms with Gasteiger partial charge in [0, 0.05) is 48.6 Å². The summed E-state index contributed by atoms with van der Waals surface area (Å²) in [5.41, 5.74) is 1.33. The second kappa shape index (κ2) is 11.6. The Morgan fingerprint density at radius 1 is 0.947 bits per heavy atom. The normalized spacial score (nSPS) is 14.6. The maximum Gasteiger partial charge on any atom is 0.269 e. The van der Waals surface area contributed by atoms with Crippen LogP contribution in [0, 0.1) is 0 Å². The highest BCUT2D eigenvalue weighted by Crippen LogP contribution is 2.31. The van der Waals surface area contributed by atoms with Crippen molar-refractivity contribution in [2.45, 2.75) is 30.3 Å². The molecule has 8 nitrogen and oxygen atoms in total. The van der Waals surface area contributed by atoms with Gasteiger partial charge in [0.2, 0.25) is 11.8 Å². The van der Waals surface area contributed by atoms with Crippen molar-refractivity contribution < 1.29 is 22.8 Å². The van der Waals surface area contributed by atoms with E-state index in [2.05, 4.69) is 5.32 Å². The van der Waals surface area contributed by atoms with Gasteiger partial charge < -0.3 is 10.2 Å². The minimum atomic E-state index is -4.09. The predicted molar refractivity (Wildman–Crippen MR) is 144 cm³/mol. The fourth-order valence-corrected chi connectivity index (χ4v) is 6.45. The maximum absolute atomic E-state index is 13.7. The smallest absolute Gasteiger partial charge is 0.269 e. The van der Waals surface area contributed by atoms with Crippen LogP contribution >= 0.6 is 23.2 Å². The number of amides is 3. The van der Waals surface area contributed by atoms with Gasteiger partial charge in [0.15, 0.2) is 0 Å². The van der Waals surface area contributed by atoms with Crippen LogP contribution in [0.4, 0.5) is 0 Å². The fourth-order valence-electron chi connectivity index (χ4n) is 4.37. The summed E-state index contributed by atoms with van der Waals surface area (Å²) in [6, 6.07) is 19.1. The maximum atomic E-state index is 13.7. The number of rotatable bonds is 9. The van der Waals surface area contributed by atoms with E-state index in [4.69, 9.17) is 23.2 Å². The lowest BCUT2D eigenvalue weighted by Gasteiger charge is -2.32. The summed E-state index contributed by atoms with van der Waals surface area (Å²) in [5, 5.41) is 3.24. The highest BCUT2D eigenvalue weighted by atomic mass is 35.5. The molecule has 3 amide bonds. The zero-order valence-corrected chi connectivity index (χ0v) is 22.8. The monoisotopic (exact) mass is 573 g/mol. The summed E-state index contributed by atoms with van der Waals surface area (Å²) in [4.78, 5) is 40.8. The molecule has 0 spiro atoms. The summed E-state index contributed by atoms with van der Waals surface area (Å²) < 4.78 is 26.6. The predicted octanol–water partition coefficient (Wildman–Crippen LogP) is 3.91. The van der Waals surface area contributed by atoms with Gasteiger partial charge in [-0.05, 0) is 29.8 Å². The van der Waals surface area contributed by atoms with Gasteiger partial charge in [0.25, 0.3) is 15.9 Å². The molecule has 38 heavy (non-hydrogen) atoms. The Hall–Kier alpha value is -3.40. The second-order valence-corrected chi connectivity index (χ2v) is 11.3. The Morgan fingerprint density at radius 3 is 2.21 bits per heavy atom. The van der Waals surface area contributed by atoms with Gasteiger partial charge in [-0.25, -0.2) is 12.7 Å². The number of sulfonamides is 1. The molecule has 0 radical (unpaired) electrons. The van der Waals surface area contributed by atoms with Crippen LogP contribution in [-0.2, 0) is 32.6 Å².